The zero-order valence-electron chi connectivity index (χ0n) is 17.9. The summed E-state index contributed by atoms with van der Waals surface area (Å²) in [6.45, 7) is 2.80. The number of carbonyl (C=O) groups excluding carboxylic acids is 2. The van der Waals surface area contributed by atoms with Gasteiger partial charge in [-0.05, 0) is 49.1 Å². The molecule has 1 aliphatic carbocycles. The van der Waals surface area contributed by atoms with Crippen molar-refractivity contribution in [3.8, 4) is 5.69 Å². The van der Waals surface area contributed by atoms with E-state index in [9.17, 15) is 9.59 Å². The summed E-state index contributed by atoms with van der Waals surface area (Å²) in [6, 6.07) is 17.4. The molecule has 2 aromatic carbocycles. The number of carbonyl (C=O) groups is 2. The molecule has 0 spiro atoms. The Balaban J connectivity index is 1.26. The lowest BCUT2D eigenvalue weighted by Gasteiger charge is -2.26. The number of hydrogen-bond acceptors (Lipinski definition) is 4. The number of hydrogen-bond donors (Lipinski definition) is 1. The van der Waals surface area contributed by atoms with Crippen LogP contribution in [0.15, 0.2) is 54.6 Å². The molecule has 164 valence electrons. The minimum absolute atomic E-state index is 0.0194. The van der Waals surface area contributed by atoms with Crippen molar-refractivity contribution in [1.82, 2.24) is 20.0 Å². The van der Waals surface area contributed by atoms with Gasteiger partial charge in [-0.2, -0.15) is 5.10 Å². The fourth-order valence-corrected chi connectivity index (χ4v) is 4.38. The maximum atomic E-state index is 12.9. The van der Waals surface area contributed by atoms with Gasteiger partial charge in [-0.1, -0.05) is 30.3 Å². The van der Waals surface area contributed by atoms with Gasteiger partial charge >= 0.3 is 0 Å². The topological polar surface area (TPSA) is 76.5 Å². The molecule has 1 aliphatic heterocycles. The summed E-state index contributed by atoms with van der Waals surface area (Å²) in [5, 5.41) is 7.64. The van der Waals surface area contributed by atoms with Crippen LogP contribution in [-0.4, -0.2) is 52.8 Å². The summed E-state index contributed by atoms with van der Waals surface area (Å²) >= 11 is 0. The highest BCUT2D eigenvalue weighted by Crippen LogP contribution is 2.27. The predicted molar refractivity (Wildman–Crippen MR) is 120 cm³/mol. The molecule has 7 heteroatoms. The van der Waals surface area contributed by atoms with E-state index in [0.29, 0.717) is 44.1 Å². The van der Waals surface area contributed by atoms with Crippen molar-refractivity contribution < 1.29 is 14.3 Å². The molecular weight excluding hydrogens is 404 g/mol. The summed E-state index contributed by atoms with van der Waals surface area (Å²) in [5.41, 5.74) is 5.27. The Labute approximate surface area is 187 Å². The minimum atomic E-state index is -0.161. The largest absolute Gasteiger partial charge is 0.378 e. The van der Waals surface area contributed by atoms with Gasteiger partial charge in [-0.25, -0.2) is 4.68 Å². The normalized spacial score (nSPS) is 15.4. The predicted octanol–water partition coefficient (Wildman–Crippen LogP) is 2.76. The third kappa shape index (κ3) is 4.03. The van der Waals surface area contributed by atoms with Gasteiger partial charge in [0.25, 0.3) is 11.8 Å². The maximum Gasteiger partial charge on any atom is 0.272 e. The lowest BCUT2D eigenvalue weighted by Crippen LogP contribution is -2.40. The van der Waals surface area contributed by atoms with Crippen LogP contribution in [0.1, 0.15) is 44.1 Å². The second-order valence-electron chi connectivity index (χ2n) is 8.16. The standard InChI is InChI=1S/C25H26N4O3/c30-24(23-21-7-4-8-22(21)29(27-23)20-5-2-1-3-6-20)26-17-18-9-11-19(12-10-18)25(31)28-13-15-32-16-14-28/h1-3,5-6,9-12H,4,7-8,13-17H2,(H,26,30). The smallest absolute Gasteiger partial charge is 0.272 e. The first-order valence-electron chi connectivity index (χ1n) is 11.1. The molecule has 5 rings (SSSR count). The van der Waals surface area contributed by atoms with E-state index in [4.69, 9.17) is 4.74 Å². The van der Waals surface area contributed by atoms with E-state index >= 15 is 0 Å². The molecule has 1 saturated heterocycles. The highest BCUT2D eigenvalue weighted by molar-refractivity contribution is 5.95. The molecular formula is C25H26N4O3. The second kappa shape index (κ2) is 8.96. The molecule has 1 N–H and O–H groups in total. The fourth-order valence-electron chi connectivity index (χ4n) is 4.38. The zero-order chi connectivity index (χ0) is 21.9. The van der Waals surface area contributed by atoms with Crippen LogP contribution in [0.3, 0.4) is 0 Å². The number of fused-ring (bicyclic) bond motifs is 1. The quantitative estimate of drug-likeness (QED) is 0.675. The average Bonchev–Trinajstić information content (AvgIpc) is 3.47. The van der Waals surface area contributed by atoms with Gasteiger partial charge < -0.3 is 15.0 Å². The Bertz CT molecular complexity index is 1120. The van der Waals surface area contributed by atoms with Gasteiger partial charge in [-0.3, -0.25) is 9.59 Å². The van der Waals surface area contributed by atoms with Gasteiger partial charge in [0.05, 0.1) is 18.9 Å². The number of para-hydroxylation sites is 1. The van der Waals surface area contributed by atoms with Crippen molar-refractivity contribution in [2.75, 3.05) is 26.3 Å². The number of ether oxygens (including phenoxy) is 1. The van der Waals surface area contributed by atoms with E-state index in [1.165, 1.54) is 0 Å². The molecule has 7 nitrogen and oxygen atoms in total. The number of morpholine rings is 1. The SMILES string of the molecule is O=C(NCc1ccc(C(=O)N2CCOCC2)cc1)c1nn(-c2ccccc2)c2c1CCC2. The monoisotopic (exact) mass is 430 g/mol. The lowest BCUT2D eigenvalue weighted by atomic mass is 10.1. The molecule has 1 aromatic heterocycles. The molecule has 0 saturated carbocycles. The Morgan fingerprint density at radius 3 is 2.47 bits per heavy atom. The Hall–Kier alpha value is -3.45. The van der Waals surface area contributed by atoms with Gasteiger partial charge in [0, 0.05) is 36.5 Å². The molecule has 1 fully saturated rings. The molecule has 0 atom stereocenters. The van der Waals surface area contributed by atoms with Gasteiger partial charge in [0.2, 0.25) is 0 Å². The van der Waals surface area contributed by atoms with Crippen molar-refractivity contribution in [2.24, 2.45) is 0 Å². The molecule has 0 unspecified atom stereocenters. The number of aromatic nitrogens is 2. The van der Waals surface area contributed by atoms with Crippen LogP contribution in [0, 0.1) is 0 Å². The molecule has 2 aliphatic rings. The Kier molecular flexibility index (Phi) is 5.73. The van der Waals surface area contributed by atoms with Crippen LogP contribution in [0.25, 0.3) is 5.69 Å². The van der Waals surface area contributed by atoms with Crippen molar-refractivity contribution in [3.63, 3.8) is 0 Å². The highest BCUT2D eigenvalue weighted by Gasteiger charge is 2.26. The first kappa shape index (κ1) is 20.5. The molecule has 0 bridgehead atoms. The van der Waals surface area contributed by atoms with Crippen molar-refractivity contribution in [1.29, 1.82) is 0 Å². The molecule has 2 amide bonds. The van der Waals surface area contributed by atoms with Crippen LogP contribution in [0.2, 0.25) is 0 Å². The summed E-state index contributed by atoms with van der Waals surface area (Å²) < 4.78 is 7.22. The molecule has 2 heterocycles. The summed E-state index contributed by atoms with van der Waals surface area (Å²) in [4.78, 5) is 27.3. The number of nitrogens with one attached hydrogen (secondary N) is 1. The third-order valence-electron chi connectivity index (χ3n) is 6.10. The minimum Gasteiger partial charge on any atom is -0.378 e. The first-order chi connectivity index (χ1) is 15.7. The van der Waals surface area contributed by atoms with E-state index < -0.39 is 0 Å². The summed E-state index contributed by atoms with van der Waals surface area (Å²) in [5.74, 6) is -0.141. The van der Waals surface area contributed by atoms with E-state index in [2.05, 4.69) is 10.4 Å². The first-order valence-corrected chi connectivity index (χ1v) is 11.1. The molecule has 32 heavy (non-hydrogen) atoms. The number of nitrogens with zero attached hydrogens (tertiary/aromatic N) is 3. The number of amides is 2. The van der Waals surface area contributed by atoms with Crippen LogP contribution < -0.4 is 5.32 Å². The fraction of sp³-hybridized carbons (Fsp3) is 0.320. The van der Waals surface area contributed by atoms with Crippen molar-refractivity contribution in [2.45, 2.75) is 25.8 Å². The third-order valence-corrected chi connectivity index (χ3v) is 6.10. The second-order valence-corrected chi connectivity index (χ2v) is 8.16. The highest BCUT2D eigenvalue weighted by atomic mass is 16.5. The summed E-state index contributed by atoms with van der Waals surface area (Å²) in [6.07, 6.45) is 2.85. The zero-order valence-corrected chi connectivity index (χ0v) is 17.9. The number of benzene rings is 2. The van der Waals surface area contributed by atoms with E-state index in [-0.39, 0.29) is 11.8 Å². The van der Waals surface area contributed by atoms with Crippen LogP contribution in [0.4, 0.5) is 0 Å². The van der Waals surface area contributed by atoms with Crippen molar-refractivity contribution >= 4 is 11.8 Å². The van der Waals surface area contributed by atoms with Gasteiger partial charge in [0.15, 0.2) is 5.69 Å². The Morgan fingerprint density at radius 1 is 0.969 bits per heavy atom. The van der Waals surface area contributed by atoms with Gasteiger partial charge in [-0.15, -0.1) is 0 Å². The molecule has 3 aromatic rings. The van der Waals surface area contributed by atoms with Crippen LogP contribution in [0.5, 0.6) is 0 Å². The van der Waals surface area contributed by atoms with Crippen molar-refractivity contribution in [3.05, 3.63) is 82.7 Å². The van der Waals surface area contributed by atoms with Crippen LogP contribution >= 0.6 is 0 Å². The Morgan fingerprint density at radius 2 is 1.72 bits per heavy atom. The lowest BCUT2D eigenvalue weighted by molar-refractivity contribution is 0.0303. The average molecular weight is 431 g/mol. The van der Waals surface area contributed by atoms with E-state index in [1.54, 1.807) is 0 Å². The molecule has 0 radical (unpaired) electrons. The van der Waals surface area contributed by atoms with E-state index in [1.807, 2.05) is 64.2 Å². The maximum absolute atomic E-state index is 12.9. The van der Waals surface area contributed by atoms with Crippen LogP contribution in [-0.2, 0) is 24.1 Å². The van der Waals surface area contributed by atoms with E-state index in [0.717, 1.165) is 41.8 Å². The van der Waals surface area contributed by atoms with Gasteiger partial charge in [0.1, 0.15) is 0 Å². The summed E-state index contributed by atoms with van der Waals surface area (Å²) in [7, 11) is 0. The number of rotatable bonds is 5.